The third-order valence-corrected chi connectivity index (χ3v) is 4.37. The largest absolute Gasteiger partial charge is 0.381 e. The molecule has 1 fully saturated rings. The lowest BCUT2D eigenvalue weighted by Gasteiger charge is -2.38. The van der Waals surface area contributed by atoms with Crippen molar-refractivity contribution >= 4 is 18.3 Å². The predicted molar refractivity (Wildman–Crippen MR) is 91.3 cm³/mol. The van der Waals surface area contributed by atoms with E-state index in [4.69, 9.17) is 10.5 Å². The van der Waals surface area contributed by atoms with Crippen LogP contribution >= 0.6 is 12.4 Å². The van der Waals surface area contributed by atoms with Crippen molar-refractivity contribution in [3.05, 3.63) is 35.9 Å². The first-order valence-corrected chi connectivity index (χ1v) is 7.84. The summed E-state index contributed by atoms with van der Waals surface area (Å²) in [5, 5.41) is 3.06. The first-order valence-electron chi connectivity index (χ1n) is 7.84. The van der Waals surface area contributed by atoms with Crippen LogP contribution in [0.4, 0.5) is 0 Å². The van der Waals surface area contributed by atoms with Gasteiger partial charge in [-0.25, -0.2) is 0 Å². The van der Waals surface area contributed by atoms with Crippen LogP contribution in [-0.4, -0.2) is 31.7 Å². The molecule has 1 atom stereocenters. The van der Waals surface area contributed by atoms with Gasteiger partial charge in [0.1, 0.15) is 0 Å². The van der Waals surface area contributed by atoms with Crippen molar-refractivity contribution in [3.8, 4) is 0 Å². The van der Waals surface area contributed by atoms with Crippen LogP contribution in [0.25, 0.3) is 0 Å². The molecule has 0 spiro atoms. The lowest BCUT2D eigenvalue weighted by molar-refractivity contribution is -0.123. The van der Waals surface area contributed by atoms with E-state index >= 15 is 0 Å². The van der Waals surface area contributed by atoms with Crippen molar-refractivity contribution in [1.82, 2.24) is 5.32 Å². The fraction of sp³-hybridized carbons (Fsp3) is 0.588. The van der Waals surface area contributed by atoms with Crippen LogP contribution in [0.2, 0.25) is 0 Å². The van der Waals surface area contributed by atoms with E-state index in [1.165, 1.54) is 5.56 Å². The molecule has 1 aliphatic heterocycles. The summed E-state index contributed by atoms with van der Waals surface area (Å²) < 4.78 is 5.50. The summed E-state index contributed by atoms with van der Waals surface area (Å²) in [4.78, 5) is 12.1. The maximum Gasteiger partial charge on any atom is 0.236 e. The maximum atomic E-state index is 12.1. The number of carbonyl (C=O) groups excluding carboxylic acids is 1. The Labute approximate surface area is 139 Å². The molecule has 0 aliphatic carbocycles. The monoisotopic (exact) mass is 326 g/mol. The molecule has 1 aromatic carbocycles. The first kappa shape index (κ1) is 18.9. The summed E-state index contributed by atoms with van der Waals surface area (Å²) in [6.07, 6.45) is 3.51. The summed E-state index contributed by atoms with van der Waals surface area (Å²) >= 11 is 0. The van der Waals surface area contributed by atoms with Crippen LogP contribution < -0.4 is 11.1 Å². The fourth-order valence-corrected chi connectivity index (χ4v) is 2.95. The van der Waals surface area contributed by atoms with Crippen LogP contribution in [0, 0.1) is 0 Å². The maximum absolute atomic E-state index is 12.1. The number of benzene rings is 1. The van der Waals surface area contributed by atoms with Crippen LogP contribution in [0.3, 0.4) is 0 Å². The Morgan fingerprint density at radius 1 is 1.32 bits per heavy atom. The Morgan fingerprint density at radius 3 is 2.55 bits per heavy atom. The SMILES string of the molecule is CCCC(N)C(=O)NCC1(c2ccccc2)CCOCC1.Cl. The van der Waals surface area contributed by atoms with Crippen molar-refractivity contribution < 1.29 is 9.53 Å². The van der Waals surface area contributed by atoms with Gasteiger partial charge in [0.25, 0.3) is 0 Å². The van der Waals surface area contributed by atoms with E-state index in [0.29, 0.717) is 6.54 Å². The van der Waals surface area contributed by atoms with Crippen molar-refractivity contribution in [1.29, 1.82) is 0 Å². The zero-order valence-corrected chi connectivity index (χ0v) is 14.0. The number of halogens is 1. The van der Waals surface area contributed by atoms with Crippen LogP contribution in [-0.2, 0) is 14.9 Å². The molecular weight excluding hydrogens is 300 g/mol. The topological polar surface area (TPSA) is 64.4 Å². The normalized spacial score (nSPS) is 18.1. The highest BCUT2D eigenvalue weighted by Crippen LogP contribution is 2.34. The third-order valence-electron chi connectivity index (χ3n) is 4.37. The molecule has 1 heterocycles. The van der Waals surface area contributed by atoms with Gasteiger partial charge in [0, 0.05) is 25.2 Å². The minimum Gasteiger partial charge on any atom is -0.381 e. The number of carbonyl (C=O) groups is 1. The summed E-state index contributed by atoms with van der Waals surface area (Å²) in [5.74, 6) is -0.0429. The molecule has 124 valence electrons. The van der Waals surface area contributed by atoms with Gasteiger partial charge in [0.15, 0.2) is 0 Å². The quantitative estimate of drug-likeness (QED) is 0.843. The van der Waals surface area contributed by atoms with Gasteiger partial charge < -0.3 is 15.8 Å². The molecule has 0 bridgehead atoms. The Bertz CT molecular complexity index is 447. The average molecular weight is 327 g/mol. The van der Waals surface area contributed by atoms with E-state index in [9.17, 15) is 4.79 Å². The molecule has 3 N–H and O–H groups in total. The zero-order valence-electron chi connectivity index (χ0n) is 13.2. The number of nitrogens with one attached hydrogen (secondary N) is 1. The molecule has 1 aromatic rings. The molecule has 1 aliphatic rings. The highest BCUT2D eigenvalue weighted by molar-refractivity contribution is 5.85. The van der Waals surface area contributed by atoms with E-state index in [1.54, 1.807) is 0 Å². The minimum atomic E-state index is -0.400. The van der Waals surface area contributed by atoms with Crippen LogP contribution in [0.15, 0.2) is 30.3 Å². The number of amides is 1. The van der Waals surface area contributed by atoms with Crippen LogP contribution in [0.1, 0.15) is 38.2 Å². The van der Waals surface area contributed by atoms with E-state index in [2.05, 4.69) is 29.6 Å². The van der Waals surface area contributed by atoms with E-state index < -0.39 is 6.04 Å². The first-order chi connectivity index (χ1) is 10.2. The second kappa shape index (κ2) is 9.13. The highest BCUT2D eigenvalue weighted by atomic mass is 35.5. The summed E-state index contributed by atoms with van der Waals surface area (Å²) in [7, 11) is 0. The third kappa shape index (κ3) is 4.70. The second-order valence-corrected chi connectivity index (χ2v) is 5.87. The van der Waals surface area contributed by atoms with Crippen molar-refractivity contribution in [2.75, 3.05) is 19.8 Å². The minimum absolute atomic E-state index is 0. The Morgan fingerprint density at radius 2 is 1.95 bits per heavy atom. The zero-order chi connectivity index (χ0) is 15.1. The molecule has 2 rings (SSSR count). The molecule has 1 saturated heterocycles. The Balaban J connectivity index is 0.00000242. The number of ether oxygens (including phenoxy) is 1. The van der Waals surface area contributed by atoms with Gasteiger partial charge >= 0.3 is 0 Å². The molecule has 5 heteroatoms. The average Bonchev–Trinajstić information content (AvgIpc) is 2.54. The smallest absolute Gasteiger partial charge is 0.236 e. The van der Waals surface area contributed by atoms with E-state index in [1.807, 2.05) is 13.0 Å². The molecule has 0 aromatic heterocycles. The molecule has 1 amide bonds. The highest BCUT2D eigenvalue weighted by Gasteiger charge is 2.35. The van der Waals surface area contributed by atoms with Gasteiger partial charge in [0.05, 0.1) is 6.04 Å². The van der Waals surface area contributed by atoms with Gasteiger partial charge in [-0.05, 0) is 24.8 Å². The summed E-state index contributed by atoms with van der Waals surface area (Å²) in [5.41, 5.74) is 7.14. The summed E-state index contributed by atoms with van der Waals surface area (Å²) in [6.45, 7) is 4.16. The van der Waals surface area contributed by atoms with Crippen molar-refractivity contribution in [2.45, 2.75) is 44.1 Å². The van der Waals surface area contributed by atoms with E-state index in [0.717, 1.165) is 38.9 Å². The molecule has 22 heavy (non-hydrogen) atoms. The van der Waals surface area contributed by atoms with Crippen molar-refractivity contribution in [3.63, 3.8) is 0 Å². The molecular formula is C17H27ClN2O2. The number of hydrogen-bond acceptors (Lipinski definition) is 3. The van der Waals surface area contributed by atoms with E-state index in [-0.39, 0.29) is 23.7 Å². The lowest BCUT2D eigenvalue weighted by atomic mass is 9.74. The van der Waals surface area contributed by atoms with Gasteiger partial charge in [-0.1, -0.05) is 43.7 Å². The standard InChI is InChI=1S/C17H26N2O2.ClH/c1-2-6-15(18)16(20)19-13-17(9-11-21-12-10-17)14-7-4-3-5-8-14;/h3-5,7-8,15H,2,6,9-13,18H2,1H3,(H,19,20);1H. The lowest BCUT2D eigenvalue weighted by Crippen LogP contribution is -2.48. The number of nitrogens with two attached hydrogens (primary N) is 1. The number of rotatable bonds is 6. The fourth-order valence-electron chi connectivity index (χ4n) is 2.95. The van der Waals surface area contributed by atoms with Crippen LogP contribution in [0.5, 0.6) is 0 Å². The molecule has 1 unspecified atom stereocenters. The molecule has 4 nitrogen and oxygen atoms in total. The number of hydrogen-bond donors (Lipinski definition) is 2. The Kier molecular flexibility index (Phi) is 7.87. The summed E-state index contributed by atoms with van der Waals surface area (Å²) in [6, 6.07) is 10.0. The van der Waals surface area contributed by atoms with Gasteiger partial charge in [-0.2, -0.15) is 0 Å². The predicted octanol–water partition coefficient (Wildman–Crippen LogP) is 2.40. The van der Waals surface area contributed by atoms with Gasteiger partial charge in [0.2, 0.25) is 5.91 Å². The molecule has 0 radical (unpaired) electrons. The van der Waals surface area contributed by atoms with Crippen molar-refractivity contribution in [2.24, 2.45) is 5.73 Å². The van der Waals surface area contributed by atoms with Gasteiger partial charge in [-0.3, -0.25) is 4.79 Å². The Hall–Kier alpha value is -1.10. The van der Waals surface area contributed by atoms with Gasteiger partial charge in [-0.15, -0.1) is 12.4 Å². The second-order valence-electron chi connectivity index (χ2n) is 5.87. The molecule has 0 saturated carbocycles.